The lowest BCUT2D eigenvalue weighted by Gasteiger charge is -2.13. The van der Waals surface area contributed by atoms with Crippen LogP contribution in [-0.2, 0) is 25.1 Å². The summed E-state index contributed by atoms with van der Waals surface area (Å²) in [7, 11) is 0. The molecule has 2 aromatic carbocycles. The number of benzene rings is 2. The first-order chi connectivity index (χ1) is 15.9. The Morgan fingerprint density at radius 1 is 0.848 bits per heavy atom. The van der Waals surface area contributed by atoms with Gasteiger partial charge < -0.3 is 24.3 Å². The van der Waals surface area contributed by atoms with Crippen LogP contribution in [0.2, 0.25) is 0 Å². The van der Waals surface area contributed by atoms with Crippen LogP contribution in [0, 0.1) is 0 Å². The van der Waals surface area contributed by atoms with Crippen molar-refractivity contribution >= 4 is 17.3 Å². The van der Waals surface area contributed by atoms with Crippen LogP contribution >= 0.6 is 0 Å². The molecule has 0 bridgehead atoms. The van der Waals surface area contributed by atoms with Crippen molar-refractivity contribution in [2.45, 2.75) is 25.9 Å². The van der Waals surface area contributed by atoms with Gasteiger partial charge in [-0.2, -0.15) is 13.2 Å². The van der Waals surface area contributed by atoms with Gasteiger partial charge in [0, 0.05) is 12.3 Å². The van der Waals surface area contributed by atoms with Gasteiger partial charge in [0.1, 0.15) is 6.61 Å². The maximum Gasteiger partial charge on any atom is 0.416 e. The lowest BCUT2D eigenvalue weighted by atomic mass is 10.1. The summed E-state index contributed by atoms with van der Waals surface area (Å²) >= 11 is 0. The van der Waals surface area contributed by atoms with Gasteiger partial charge in [-0.3, -0.25) is 0 Å². The predicted octanol–water partition coefficient (Wildman–Crippen LogP) is 5.46. The largest absolute Gasteiger partial charge is 0.460 e. The van der Waals surface area contributed by atoms with Crippen LogP contribution in [-0.4, -0.2) is 52.2 Å². The third-order valence-electron chi connectivity index (χ3n) is 4.46. The smallest absolute Gasteiger partial charge is 0.416 e. The molecule has 6 nitrogen and oxygen atoms in total. The molecule has 0 aliphatic carbocycles. The zero-order chi connectivity index (χ0) is 23.9. The number of nitrogens with one attached hydrogen (secondary N) is 1. The number of alkyl halides is 3. The van der Waals surface area contributed by atoms with E-state index in [1.807, 2.05) is 0 Å². The summed E-state index contributed by atoms with van der Waals surface area (Å²) in [6, 6.07) is 11.2. The molecule has 0 aliphatic rings. The molecule has 0 atom stereocenters. The van der Waals surface area contributed by atoms with E-state index in [1.165, 1.54) is 18.2 Å². The second-order valence-corrected chi connectivity index (χ2v) is 7.08. The van der Waals surface area contributed by atoms with Crippen molar-refractivity contribution in [2.75, 3.05) is 51.6 Å². The number of esters is 1. The minimum atomic E-state index is -4.45. The summed E-state index contributed by atoms with van der Waals surface area (Å²) in [6.07, 6.45) is -2.33. The molecule has 0 heterocycles. The summed E-state index contributed by atoms with van der Waals surface area (Å²) in [5, 5.41) is 2.85. The molecule has 0 unspecified atom stereocenters. The average Bonchev–Trinajstić information content (AvgIpc) is 2.79. The third kappa shape index (κ3) is 10.2. The average molecular weight is 470 g/mol. The number of hydrogen-bond acceptors (Lipinski definition) is 6. The van der Waals surface area contributed by atoms with Crippen LogP contribution in [0.5, 0.6) is 0 Å². The molecular formula is C24H30F3NO5. The van der Waals surface area contributed by atoms with Crippen molar-refractivity contribution in [3.8, 4) is 0 Å². The van der Waals surface area contributed by atoms with Gasteiger partial charge in [0.05, 0.1) is 49.8 Å². The Bertz CT molecular complexity index is 845. The Balaban J connectivity index is 1.72. The molecule has 182 valence electrons. The Hall–Kier alpha value is -2.62. The van der Waals surface area contributed by atoms with Crippen molar-refractivity contribution in [2.24, 2.45) is 0 Å². The molecule has 2 rings (SSSR count). The summed E-state index contributed by atoms with van der Waals surface area (Å²) < 4.78 is 60.1. The molecular weight excluding hydrogens is 439 g/mol. The Labute approximate surface area is 192 Å². The number of anilines is 2. The number of carbonyl (C=O) groups is 1. The van der Waals surface area contributed by atoms with E-state index in [9.17, 15) is 18.0 Å². The Kier molecular flexibility index (Phi) is 11.7. The Morgan fingerprint density at radius 3 is 2.15 bits per heavy atom. The van der Waals surface area contributed by atoms with Crippen molar-refractivity contribution in [3.05, 3.63) is 59.7 Å². The van der Waals surface area contributed by atoms with Gasteiger partial charge in [-0.1, -0.05) is 31.5 Å². The fraction of sp³-hybridized carbons (Fsp3) is 0.458. The normalized spacial score (nSPS) is 11.4. The van der Waals surface area contributed by atoms with Crippen molar-refractivity contribution in [1.82, 2.24) is 0 Å². The highest BCUT2D eigenvalue weighted by molar-refractivity contribution is 5.96. The molecule has 0 saturated carbocycles. The zero-order valence-electron chi connectivity index (χ0n) is 18.7. The van der Waals surface area contributed by atoms with Gasteiger partial charge in [-0.15, -0.1) is 0 Å². The van der Waals surface area contributed by atoms with E-state index in [0.717, 1.165) is 31.6 Å². The highest BCUT2D eigenvalue weighted by Crippen LogP contribution is 2.32. The molecule has 0 fully saturated rings. The van der Waals surface area contributed by atoms with Crippen LogP contribution in [0.1, 0.15) is 35.7 Å². The van der Waals surface area contributed by atoms with Gasteiger partial charge in [0.15, 0.2) is 0 Å². The summed E-state index contributed by atoms with van der Waals surface area (Å²) in [5.74, 6) is -0.603. The van der Waals surface area contributed by atoms with Crippen LogP contribution in [0.25, 0.3) is 0 Å². The lowest BCUT2D eigenvalue weighted by molar-refractivity contribution is -0.137. The van der Waals surface area contributed by atoms with Crippen LogP contribution in [0.4, 0.5) is 24.5 Å². The summed E-state index contributed by atoms with van der Waals surface area (Å²) in [5.41, 5.74) is -0.0134. The molecule has 0 saturated heterocycles. The standard InChI is InChI=1S/C24H30F3NO5/c1-2-3-11-30-12-13-31-14-15-32-16-17-33-23(29)21-9-4-5-10-22(21)28-20-8-6-7-19(18-20)24(25,26)27/h4-10,18,28H,2-3,11-17H2,1H3. The molecule has 1 N–H and O–H groups in total. The fourth-order valence-electron chi connectivity index (χ4n) is 2.76. The number of hydrogen-bond donors (Lipinski definition) is 1. The molecule has 2 aromatic rings. The van der Waals surface area contributed by atoms with Crippen molar-refractivity contribution in [1.29, 1.82) is 0 Å². The van der Waals surface area contributed by atoms with Gasteiger partial charge in [0.25, 0.3) is 0 Å². The van der Waals surface area contributed by atoms with E-state index in [-0.39, 0.29) is 24.5 Å². The SMILES string of the molecule is CCCCOCCOCCOCCOC(=O)c1ccccc1Nc1cccc(C(F)(F)F)c1. The van der Waals surface area contributed by atoms with Crippen molar-refractivity contribution in [3.63, 3.8) is 0 Å². The van der Waals surface area contributed by atoms with Gasteiger partial charge in [-0.05, 0) is 36.8 Å². The second-order valence-electron chi connectivity index (χ2n) is 7.08. The number of carbonyl (C=O) groups excluding carboxylic acids is 1. The second kappa shape index (κ2) is 14.5. The Morgan fingerprint density at radius 2 is 1.48 bits per heavy atom. The van der Waals surface area contributed by atoms with Crippen molar-refractivity contribution < 1.29 is 36.9 Å². The quantitative estimate of drug-likeness (QED) is 0.276. The molecule has 0 aromatic heterocycles. The van der Waals surface area contributed by atoms with E-state index in [0.29, 0.717) is 32.1 Å². The summed E-state index contributed by atoms with van der Waals surface area (Å²) in [6.45, 7) is 4.89. The van der Waals surface area contributed by atoms with E-state index in [1.54, 1.807) is 18.2 Å². The summed E-state index contributed by atoms with van der Waals surface area (Å²) in [4.78, 5) is 12.4. The molecule has 0 amide bonds. The zero-order valence-corrected chi connectivity index (χ0v) is 18.7. The minimum absolute atomic E-state index is 0.0385. The first kappa shape index (κ1) is 26.6. The predicted molar refractivity (Wildman–Crippen MR) is 119 cm³/mol. The number of para-hydroxylation sites is 1. The molecule has 0 spiro atoms. The van der Waals surface area contributed by atoms with Crippen LogP contribution in [0.15, 0.2) is 48.5 Å². The topological polar surface area (TPSA) is 66.0 Å². The number of halogens is 3. The highest BCUT2D eigenvalue weighted by Gasteiger charge is 2.30. The number of unbranched alkanes of at least 4 members (excludes halogenated alkanes) is 1. The first-order valence-corrected chi connectivity index (χ1v) is 10.9. The van der Waals surface area contributed by atoms with Gasteiger partial charge in [-0.25, -0.2) is 4.79 Å². The van der Waals surface area contributed by atoms with Gasteiger partial charge >= 0.3 is 12.1 Å². The number of rotatable bonds is 15. The van der Waals surface area contributed by atoms with Crippen LogP contribution in [0.3, 0.4) is 0 Å². The van der Waals surface area contributed by atoms with E-state index >= 15 is 0 Å². The third-order valence-corrected chi connectivity index (χ3v) is 4.46. The first-order valence-electron chi connectivity index (χ1n) is 10.9. The lowest BCUT2D eigenvalue weighted by Crippen LogP contribution is -2.15. The fourth-order valence-corrected chi connectivity index (χ4v) is 2.76. The van der Waals surface area contributed by atoms with E-state index in [2.05, 4.69) is 12.2 Å². The molecule has 0 radical (unpaired) electrons. The molecule has 9 heteroatoms. The maximum atomic E-state index is 12.9. The molecule has 0 aliphatic heterocycles. The van der Waals surface area contributed by atoms with Gasteiger partial charge in [0.2, 0.25) is 0 Å². The monoisotopic (exact) mass is 469 g/mol. The molecule has 33 heavy (non-hydrogen) atoms. The van der Waals surface area contributed by atoms with E-state index < -0.39 is 17.7 Å². The minimum Gasteiger partial charge on any atom is -0.460 e. The number of ether oxygens (including phenoxy) is 4. The maximum absolute atomic E-state index is 12.9. The van der Waals surface area contributed by atoms with E-state index in [4.69, 9.17) is 18.9 Å². The highest BCUT2D eigenvalue weighted by atomic mass is 19.4. The van der Waals surface area contributed by atoms with Crippen LogP contribution < -0.4 is 5.32 Å².